The van der Waals surface area contributed by atoms with Crippen LogP contribution >= 0.6 is 0 Å². The van der Waals surface area contributed by atoms with E-state index in [1.54, 1.807) is 28.5 Å². The van der Waals surface area contributed by atoms with Crippen molar-refractivity contribution in [3.63, 3.8) is 0 Å². The SMILES string of the molecule is CC(C)[C@H](NC(=O)CN1CCNCC(=O)OC2OC(=O)CN(CN)CCN(CC1)CC(=O)O2)C(=O)N[C@H](C)C(=O)N1CCC[C@H]1B(O)O. The van der Waals surface area contributed by atoms with Crippen molar-refractivity contribution in [3.8, 4) is 0 Å². The number of nitrogens with one attached hydrogen (secondary N) is 3. The fourth-order valence-corrected chi connectivity index (χ4v) is 5.59. The molecule has 3 aliphatic rings. The van der Waals surface area contributed by atoms with Gasteiger partial charge in [0.15, 0.2) is 0 Å². The topological polar surface area (TPSA) is 246 Å². The second-order valence-electron chi connectivity index (χ2n) is 12.4. The van der Waals surface area contributed by atoms with Gasteiger partial charge in [0.1, 0.15) is 12.1 Å². The molecule has 2 bridgehead atoms. The standard InChI is InChI=1S/C28H49BN8O11/c1-18(2)25(26(42)32-19(3)27(43)37-7-4-5-20(37)29(44)45)33-21(38)14-34-8-6-31-13-22(39)46-28-47-23(40)15-35(10-9-34)11-12-36(17-30)16-24(41)48-28/h18-20,25,28,31,44-45H,4-17,30H2,1-3H3,(H,32,42)(H,33,38)/t19-,20+,25+,28?/m1/s1. The van der Waals surface area contributed by atoms with Crippen molar-refractivity contribution < 1.29 is 53.0 Å². The minimum Gasteiger partial charge on any atom is -0.426 e. The molecule has 48 heavy (non-hydrogen) atoms. The predicted molar refractivity (Wildman–Crippen MR) is 168 cm³/mol. The summed E-state index contributed by atoms with van der Waals surface area (Å²) in [6.07, 6.45) is 1.05. The molecule has 0 aromatic heterocycles. The third kappa shape index (κ3) is 12.2. The second kappa shape index (κ2) is 19.0. The van der Waals surface area contributed by atoms with Gasteiger partial charge in [-0.1, -0.05) is 13.8 Å². The van der Waals surface area contributed by atoms with E-state index in [1.807, 2.05) is 0 Å². The van der Waals surface area contributed by atoms with Crippen LogP contribution in [0, 0.1) is 5.92 Å². The fourth-order valence-electron chi connectivity index (χ4n) is 5.59. The molecular weight excluding hydrogens is 635 g/mol. The molecule has 7 N–H and O–H groups in total. The quantitative estimate of drug-likeness (QED) is 0.0983. The summed E-state index contributed by atoms with van der Waals surface area (Å²) in [5, 5.41) is 27.5. The number of fused-ring (bicyclic) bond motifs is 4. The summed E-state index contributed by atoms with van der Waals surface area (Å²) in [6, 6.07) is -1.94. The first-order valence-electron chi connectivity index (χ1n) is 16.2. The zero-order chi connectivity index (χ0) is 35.4. The number of esters is 3. The molecule has 3 aliphatic heterocycles. The summed E-state index contributed by atoms with van der Waals surface area (Å²) in [4.78, 5) is 83.5. The van der Waals surface area contributed by atoms with Crippen molar-refractivity contribution in [1.29, 1.82) is 0 Å². The number of rotatable bonds is 9. The Balaban J connectivity index is 1.66. The molecule has 3 saturated heterocycles. The van der Waals surface area contributed by atoms with E-state index in [2.05, 4.69) is 16.0 Å². The molecule has 3 heterocycles. The molecule has 0 spiro atoms. The normalized spacial score (nSPS) is 25.3. The molecule has 0 saturated carbocycles. The Bertz CT molecular complexity index is 1150. The van der Waals surface area contributed by atoms with Crippen LogP contribution in [0.15, 0.2) is 0 Å². The zero-order valence-electron chi connectivity index (χ0n) is 27.8. The number of likely N-dealkylation sites (tertiary alicyclic amines) is 1. The number of nitrogens with two attached hydrogens (primary N) is 1. The Morgan fingerprint density at radius 2 is 1.56 bits per heavy atom. The minimum atomic E-state index is -1.85. The lowest BCUT2D eigenvalue weighted by Crippen LogP contribution is -2.57. The van der Waals surface area contributed by atoms with Crippen LogP contribution in [0.1, 0.15) is 33.6 Å². The van der Waals surface area contributed by atoms with Crippen LogP contribution in [0.5, 0.6) is 0 Å². The van der Waals surface area contributed by atoms with E-state index in [-0.39, 0.29) is 45.3 Å². The minimum absolute atomic E-state index is 0.0283. The summed E-state index contributed by atoms with van der Waals surface area (Å²) < 4.78 is 15.2. The monoisotopic (exact) mass is 684 g/mol. The lowest BCUT2D eigenvalue weighted by atomic mass is 9.78. The van der Waals surface area contributed by atoms with Gasteiger partial charge in [0.2, 0.25) is 17.7 Å². The summed E-state index contributed by atoms with van der Waals surface area (Å²) in [7, 11) is -1.68. The van der Waals surface area contributed by atoms with Crippen LogP contribution in [0.25, 0.3) is 0 Å². The van der Waals surface area contributed by atoms with Crippen LogP contribution in [-0.2, 0) is 43.0 Å². The van der Waals surface area contributed by atoms with Crippen LogP contribution in [0.4, 0.5) is 0 Å². The van der Waals surface area contributed by atoms with E-state index in [1.165, 1.54) is 11.8 Å². The van der Waals surface area contributed by atoms with E-state index in [0.29, 0.717) is 52.1 Å². The van der Waals surface area contributed by atoms with Gasteiger partial charge in [-0.25, -0.2) is 0 Å². The lowest BCUT2D eigenvalue weighted by Gasteiger charge is -2.30. The van der Waals surface area contributed by atoms with Crippen molar-refractivity contribution in [2.45, 2.75) is 58.1 Å². The molecule has 19 nitrogen and oxygen atoms in total. The van der Waals surface area contributed by atoms with Gasteiger partial charge in [-0.2, -0.15) is 0 Å². The number of nitrogens with zero attached hydrogens (tertiary/aromatic N) is 4. The van der Waals surface area contributed by atoms with Gasteiger partial charge in [0, 0.05) is 52.5 Å². The highest BCUT2D eigenvalue weighted by Gasteiger charge is 2.39. The summed E-state index contributed by atoms with van der Waals surface area (Å²) in [5.41, 5.74) is 5.79. The lowest BCUT2D eigenvalue weighted by molar-refractivity contribution is -0.257. The fraction of sp³-hybridized carbons (Fsp3) is 0.786. The van der Waals surface area contributed by atoms with Gasteiger partial charge in [0.25, 0.3) is 0 Å². The predicted octanol–water partition coefficient (Wildman–Crippen LogP) is -5.01. The van der Waals surface area contributed by atoms with Gasteiger partial charge >= 0.3 is 31.5 Å². The maximum Gasteiger partial charge on any atom is 0.475 e. The van der Waals surface area contributed by atoms with Gasteiger partial charge in [0.05, 0.1) is 32.1 Å². The van der Waals surface area contributed by atoms with E-state index < -0.39 is 67.2 Å². The molecule has 0 radical (unpaired) electrons. The van der Waals surface area contributed by atoms with Crippen LogP contribution in [-0.4, -0.2) is 176 Å². The molecule has 3 fully saturated rings. The molecule has 20 heteroatoms. The summed E-state index contributed by atoms with van der Waals surface area (Å²) >= 11 is 0. The number of hydrogen-bond acceptors (Lipinski definition) is 16. The Morgan fingerprint density at radius 3 is 2.21 bits per heavy atom. The Labute approximate surface area is 279 Å². The number of carbonyl (C=O) groups is 6. The van der Waals surface area contributed by atoms with Gasteiger partial charge in [-0.3, -0.25) is 43.5 Å². The first kappa shape index (κ1) is 39.0. The molecule has 3 amide bonds. The largest absolute Gasteiger partial charge is 0.475 e. The highest BCUT2D eigenvalue weighted by molar-refractivity contribution is 6.43. The average molecular weight is 685 g/mol. The van der Waals surface area contributed by atoms with Crippen LogP contribution < -0.4 is 21.7 Å². The van der Waals surface area contributed by atoms with E-state index >= 15 is 0 Å². The smallest absolute Gasteiger partial charge is 0.426 e. The maximum absolute atomic E-state index is 13.3. The van der Waals surface area contributed by atoms with Crippen molar-refractivity contribution >= 4 is 42.7 Å². The van der Waals surface area contributed by atoms with E-state index in [0.717, 1.165) is 0 Å². The molecule has 270 valence electrons. The number of ether oxygens (including phenoxy) is 3. The van der Waals surface area contributed by atoms with Crippen LogP contribution in [0.2, 0.25) is 0 Å². The van der Waals surface area contributed by atoms with Crippen molar-refractivity contribution in [2.75, 3.05) is 78.7 Å². The van der Waals surface area contributed by atoms with Gasteiger partial charge in [-0.05, 0) is 25.7 Å². The molecular formula is C28H49BN8O11. The Kier molecular flexibility index (Phi) is 15.4. The Morgan fingerprint density at radius 1 is 0.917 bits per heavy atom. The van der Waals surface area contributed by atoms with Gasteiger partial charge in [-0.15, -0.1) is 0 Å². The van der Waals surface area contributed by atoms with Crippen molar-refractivity contribution in [3.05, 3.63) is 0 Å². The summed E-state index contributed by atoms with van der Waals surface area (Å²) in [6.45, 7) is 4.51. The summed E-state index contributed by atoms with van der Waals surface area (Å²) in [5.74, 6) is -4.97. The van der Waals surface area contributed by atoms with Gasteiger partial charge < -0.3 is 50.8 Å². The number of amides is 3. The van der Waals surface area contributed by atoms with Crippen molar-refractivity contribution in [1.82, 2.24) is 35.6 Å². The van der Waals surface area contributed by atoms with E-state index in [9.17, 15) is 38.8 Å². The average Bonchev–Trinajstić information content (AvgIpc) is 3.50. The third-order valence-corrected chi connectivity index (χ3v) is 8.27. The third-order valence-electron chi connectivity index (χ3n) is 8.27. The number of carbonyl (C=O) groups excluding carboxylic acids is 6. The molecule has 5 atom stereocenters. The Hall–Kier alpha value is -3.40. The highest BCUT2D eigenvalue weighted by atomic mass is 16.9. The second-order valence-corrected chi connectivity index (χ2v) is 12.4. The first-order valence-corrected chi connectivity index (χ1v) is 16.2. The van der Waals surface area contributed by atoms with Crippen molar-refractivity contribution in [2.24, 2.45) is 11.7 Å². The first-order chi connectivity index (χ1) is 22.8. The number of hydrogen-bond donors (Lipinski definition) is 6. The molecule has 3 rings (SSSR count). The maximum atomic E-state index is 13.3. The molecule has 0 aromatic carbocycles. The molecule has 0 aliphatic carbocycles. The zero-order valence-corrected chi connectivity index (χ0v) is 27.8. The van der Waals surface area contributed by atoms with E-state index in [4.69, 9.17) is 19.9 Å². The molecule has 0 aromatic rings. The molecule has 2 unspecified atom stereocenters. The van der Waals surface area contributed by atoms with Crippen LogP contribution in [0.3, 0.4) is 0 Å². The highest BCUT2D eigenvalue weighted by Crippen LogP contribution is 2.19.